The molecule has 12 heavy (non-hydrogen) atoms. The van der Waals surface area contributed by atoms with Crippen LogP contribution in [-0.4, -0.2) is 6.61 Å². The van der Waals surface area contributed by atoms with Crippen molar-refractivity contribution in [3.05, 3.63) is 35.9 Å². The first-order valence-electron chi connectivity index (χ1n) is 3.35. The summed E-state index contributed by atoms with van der Waals surface area (Å²) in [5.41, 5.74) is 1.17. The molecule has 3 heteroatoms. The van der Waals surface area contributed by atoms with E-state index >= 15 is 0 Å². The van der Waals surface area contributed by atoms with E-state index in [1.165, 1.54) is 5.56 Å². The third kappa shape index (κ3) is 2.40. The van der Waals surface area contributed by atoms with Gasteiger partial charge in [-0.25, -0.2) is 0 Å². The van der Waals surface area contributed by atoms with Gasteiger partial charge >= 0.3 is 0 Å². The third-order valence-electron chi connectivity index (χ3n) is 1.55. The van der Waals surface area contributed by atoms with Crippen molar-refractivity contribution in [1.29, 1.82) is 0 Å². The van der Waals surface area contributed by atoms with Gasteiger partial charge in [0.15, 0.2) is 0 Å². The van der Waals surface area contributed by atoms with E-state index in [0.29, 0.717) is 6.61 Å². The predicted octanol–water partition coefficient (Wildman–Crippen LogP) is 2.15. The van der Waals surface area contributed by atoms with Crippen LogP contribution in [0.25, 0.3) is 6.08 Å². The molecule has 0 bridgehead atoms. The Labute approximate surface area is 88.6 Å². The van der Waals surface area contributed by atoms with Crippen molar-refractivity contribution in [3.63, 3.8) is 0 Å². The van der Waals surface area contributed by atoms with Gasteiger partial charge in [0.1, 0.15) is 12.4 Å². The third-order valence-corrected chi connectivity index (χ3v) is 1.55. The van der Waals surface area contributed by atoms with Crippen LogP contribution in [0.1, 0.15) is 5.56 Å². The van der Waals surface area contributed by atoms with Gasteiger partial charge in [-0.15, -0.1) is 0 Å². The molecule has 1 nitrogen and oxygen atoms in total. The van der Waals surface area contributed by atoms with E-state index in [2.05, 4.69) is 6.08 Å². The standard InChI is InChI=1S/C9H8O.H3P.Zn/c1-2-6-9-8(4-1)5-3-7-10-9;;/h1-6H,7H2;1H3;. The van der Waals surface area contributed by atoms with Gasteiger partial charge in [-0.2, -0.15) is 9.90 Å². The second-order valence-corrected chi connectivity index (χ2v) is 2.25. The Morgan fingerprint density at radius 3 is 2.67 bits per heavy atom. The Kier molecular flexibility index (Phi) is 5.37. The van der Waals surface area contributed by atoms with E-state index in [-0.39, 0.29) is 29.4 Å². The minimum atomic E-state index is 0. The van der Waals surface area contributed by atoms with Crippen molar-refractivity contribution in [3.8, 4) is 5.75 Å². The maximum atomic E-state index is 5.34. The molecule has 0 aromatic heterocycles. The minimum absolute atomic E-state index is 0. The Morgan fingerprint density at radius 2 is 1.92 bits per heavy atom. The molecule has 1 atom stereocenters. The number of hydrogen-bond donors (Lipinski definition) is 0. The summed E-state index contributed by atoms with van der Waals surface area (Å²) in [4.78, 5) is 0. The average Bonchev–Trinajstić information content (AvgIpc) is 2.05. The SMILES string of the molecule is C1=Cc2ccccc2OC1.P.[Zn]. The largest absolute Gasteiger partial charge is 0.489 e. The Bertz CT molecular complexity index is 273. The van der Waals surface area contributed by atoms with Crippen LogP contribution >= 0.6 is 9.90 Å². The molecule has 1 aliphatic rings. The Morgan fingerprint density at radius 1 is 1.17 bits per heavy atom. The van der Waals surface area contributed by atoms with Gasteiger partial charge < -0.3 is 4.74 Å². The van der Waals surface area contributed by atoms with E-state index in [4.69, 9.17) is 4.74 Å². The first-order valence-corrected chi connectivity index (χ1v) is 3.35. The van der Waals surface area contributed by atoms with Gasteiger partial charge in [-0.05, 0) is 12.1 Å². The second-order valence-electron chi connectivity index (χ2n) is 2.25. The van der Waals surface area contributed by atoms with Crippen LogP contribution in [0.15, 0.2) is 30.3 Å². The molecule has 0 spiro atoms. The monoisotopic (exact) mass is 230 g/mol. The molecule has 0 saturated heterocycles. The molecule has 0 radical (unpaired) electrons. The zero-order valence-electron chi connectivity index (χ0n) is 6.99. The first-order chi connectivity index (χ1) is 4.97. The molecule has 0 aliphatic carbocycles. The first kappa shape index (κ1) is 11.8. The maximum Gasteiger partial charge on any atom is 0.126 e. The zero-order valence-corrected chi connectivity index (χ0v) is 11.4. The summed E-state index contributed by atoms with van der Waals surface area (Å²) in [6, 6.07) is 8.03. The van der Waals surface area contributed by atoms with E-state index in [1.807, 2.05) is 30.3 Å². The summed E-state index contributed by atoms with van der Waals surface area (Å²) in [7, 11) is 0. The molecule has 0 N–H and O–H groups in total. The second kappa shape index (κ2) is 5.46. The van der Waals surface area contributed by atoms with Crippen molar-refractivity contribution in [1.82, 2.24) is 0 Å². The fourth-order valence-electron chi connectivity index (χ4n) is 1.06. The molecule has 0 amide bonds. The van der Waals surface area contributed by atoms with Crippen molar-refractivity contribution in [2.45, 2.75) is 0 Å². The minimum Gasteiger partial charge on any atom is -0.489 e. The summed E-state index contributed by atoms with van der Waals surface area (Å²) >= 11 is 0. The van der Waals surface area contributed by atoms with Crippen LogP contribution in [-0.2, 0) is 19.5 Å². The van der Waals surface area contributed by atoms with Crippen molar-refractivity contribution < 1.29 is 24.2 Å². The number of benzene rings is 1. The maximum absolute atomic E-state index is 5.34. The molecule has 1 unspecified atom stereocenters. The van der Waals surface area contributed by atoms with Crippen LogP contribution in [0.5, 0.6) is 5.75 Å². The molecular formula is C9H11OPZn. The average molecular weight is 232 g/mol. The predicted molar refractivity (Wildman–Crippen MR) is 52.1 cm³/mol. The van der Waals surface area contributed by atoms with Gasteiger partial charge in [0.25, 0.3) is 0 Å². The summed E-state index contributed by atoms with van der Waals surface area (Å²) in [6.07, 6.45) is 4.10. The summed E-state index contributed by atoms with van der Waals surface area (Å²) in [6.45, 7) is 0.705. The van der Waals surface area contributed by atoms with Crippen LogP contribution in [0.4, 0.5) is 0 Å². The summed E-state index contributed by atoms with van der Waals surface area (Å²) in [5.74, 6) is 0.991. The molecule has 1 heterocycles. The molecule has 0 saturated carbocycles. The number of hydrogen-bond acceptors (Lipinski definition) is 1. The summed E-state index contributed by atoms with van der Waals surface area (Å²) < 4.78 is 5.34. The molecule has 1 aliphatic heterocycles. The number of fused-ring (bicyclic) bond motifs is 1. The topological polar surface area (TPSA) is 9.23 Å². The van der Waals surface area contributed by atoms with Crippen LogP contribution in [0, 0.1) is 0 Å². The van der Waals surface area contributed by atoms with Gasteiger partial charge in [0, 0.05) is 25.0 Å². The molecule has 1 aromatic carbocycles. The normalized spacial score (nSPS) is 11.7. The quantitative estimate of drug-likeness (QED) is 0.491. The fraction of sp³-hybridized carbons (Fsp3) is 0.111. The number of para-hydroxylation sites is 1. The molecule has 1 aromatic rings. The van der Waals surface area contributed by atoms with E-state index in [9.17, 15) is 0 Å². The van der Waals surface area contributed by atoms with Crippen LogP contribution in [0.2, 0.25) is 0 Å². The fourth-order valence-corrected chi connectivity index (χ4v) is 1.06. The van der Waals surface area contributed by atoms with Gasteiger partial charge in [-0.3, -0.25) is 0 Å². The number of rotatable bonds is 0. The van der Waals surface area contributed by atoms with Crippen molar-refractivity contribution in [2.75, 3.05) is 6.61 Å². The molecule has 0 fully saturated rings. The van der Waals surface area contributed by atoms with E-state index < -0.39 is 0 Å². The Hall–Kier alpha value is -0.187. The van der Waals surface area contributed by atoms with Gasteiger partial charge in [-0.1, -0.05) is 24.3 Å². The summed E-state index contributed by atoms with van der Waals surface area (Å²) in [5, 5.41) is 0. The van der Waals surface area contributed by atoms with Crippen molar-refractivity contribution in [2.24, 2.45) is 0 Å². The smallest absolute Gasteiger partial charge is 0.126 e. The molecule has 2 rings (SSSR count). The van der Waals surface area contributed by atoms with Crippen LogP contribution < -0.4 is 4.74 Å². The molecular weight excluding hydrogens is 220 g/mol. The van der Waals surface area contributed by atoms with Gasteiger partial charge in [0.05, 0.1) is 0 Å². The van der Waals surface area contributed by atoms with Gasteiger partial charge in [0.2, 0.25) is 0 Å². The van der Waals surface area contributed by atoms with Crippen molar-refractivity contribution >= 4 is 16.0 Å². The number of ether oxygens (including phenoxy) is 1. The zero-order chi connectivity index (χ0) is 6.81. The van der Waals surface area contributed by atoms with E-state index in [0.717, 1.165) is 5.75 Å². The Balaban J connectivity index is 0.000000605. The molecule has 60 valence electrons. The van der Waals surface area contributed by atoms with Crippen LogP contribution in [0.3, 0.4) is 0 Å². The van der Waals surface area contributed by atoms with E-state index in [1.54, 1.807) is 0 Å².